The average Bonchev–Trinajstić information content (AvgIpc) is 2.19. The molecule has 0 aliphatic heterocycles. The van der Waals surface area contributed by atoms with E-state index in [1.165, 1.54) is 0 Å². The van der Waals surface area contributed by atoms with Crippen LogP contribution in [0, 0.1) is 6.20 Å². The molecular weight excluding hydrogens is 100 g/mol. The molecule has 1 rings (SSSR count). The normalized spacial score (nSPS) is 9.00. The van der Waals surface area contributed by atoms with Gasteiger partial charge in [0.25, 0.3) is 0 Å². The van der Waals surface area contributed by atoms with E-state index >= 15 is 0 Å². The van der Waals surface area contributed by atoms with E-state index in [1.807, 2.05) is 0 Å². The SMILES string of the molecule is C=CCn1[c]ccn1. The van der Waals surface area contributed by atoms with Crippen molar-refractivity contribution in [1.82, 2.24) is 9.78 Å². The highest BCUT2D eigenvalue weighted by molar-refractivity contribution is 4.78. The summed E-state index contributed by atoms with van der Waals surface area (Å²) >= 11 is 0. The summed E-state index contributed by atoms with van der Waals surface area (Å²) in [6.45, 7) is 4.30. The van der Waals surface area contributed by atoms with E-state index in [4.69, 9.17) is 0 Å². The van der Waals surface area contributed by atoms with Crippen molar-refractivity contribution in [2.75, 3.05) is 0 Å². The monoisotopic (exact) mass is 107 g/mol. The van der Waals surface area contributed by atoms with Crippen molar-refractivity contribution in [2.24, 2.45) is 0 Å². The average molecular weight is 107 g/mol. The fourth-order valence-corrected chi connectivity index (χ4v) is 0.489. The zero-order valence-electron chi connectivity index (χ0n) is 4.54. The summed E-state index contributed by atoms with van der Waals surface area (Å²) in [6.07, 6.45) is 6.35. The van der Waals surface area contributed by atoms with Crippen LogP contribution in [0.1, 0.15) is 0 Å². The zero-order chi connectivity index (χ0) is 5.82. The van der Waals surface area contributed by atoms with E-state index in [0.29, 0.717) is 0 Å². The molecule has 2 heteroatoms. The molecule has 1 aromatic rings. The van der Waals surface area contributed by atoms with Crippen LogP contribution in [0.2, 0.25) is 0 Å². The van der Waals surface area contributed by atoms with Crippen molar-refractivity contribution in [3.63, 3.8) is 0 Å². The number of nitrogens with zero attached hydrogens (tertiary/aromatic N) is 2. The Bertz CT molecular complexity index is 153. The lowest BCUT2D eigenvalue weighted by Crippen LogP contribution is -1.93. The third-order valence-electron chi connectivity index (χ3n) is 0.806. The summed E-state index contributed by atoms with van der Waals surface area (Å²) in [7, 11) is 0. The Morgan fingerprint density at radius 1 is 1.88 bits per heavy atom. The second-order valence-corrected chi connectivity index (χ2v) is 1.43. The fraction of sp³-hybridized carbons (Fsp3) is 0.167. The maximum atomic E-state index is 3.90. The zero-order valence-corrected chi connectivity index (χ0v) is 4.54. The smallest absolute Gasteiger partial charge is 0.0867 e. The number of allylic oxidation sites excluding steroid dienone is 1. The first kappa shape index (κ1) is 5.09. The fourth-order valence-electron chi connectivity index (χ4n) is 0.489. The molecule has 0 amide bonds. The summed E-state index contributed by atoms with van der Waals surface area (Å²) in [6, 6.07) is 1.77. The van der Waals surface area contributed by atoms with E-state index in [0.717, 1.165) is 6.54 Å². The van der Waals surface area contributed by atoms with Crippen molar-refractivity contribution in [2.45, 2.75) is 6.54 Å². The largest absolute Gasteiger partial charge is 0.260 e. The first-order chi connectivity index (χ1) is 3.93. The standard InChI is InChI=1S/C6H7N2/c1-2-5-8-6-3-4-7-8/h2-4H,1,5H2. The van der Waals surface area contributed by atoms with Crippen molar-refractivity contribution in [1.29, 1.82) is 0 Å². The maximum absolute atomic E-state index is 3.90. The van der Waals surface area contributed by atoms with Crippen molar-refractivity contribution in [3.05, 3.63) is 31.1 Å². The highest BCUT2D eigenvalue weighted by Crippen LogP contribution is 1.81. The molecule has 0 bridgehead atoms. The second kappa shape index (κ2) is 2.31. The molecule has 0 unspecified atom stereocenters. The second-order valence-electron chi connectivity index (χ2n) is 1.43. The number of rotatable bonds is 2. The minimum atomic E-state index is 0.743. The van der Waals surface area contributed by atoms with Gasteiger partial charge in [0.15, 0.2) is 0 Å². The lowest BCUT2D eigenvalue weighted by Gasteiger charge is -1.88. The van der Waals surface area contributed by atoms with Crippen LogP contribution in [0.15, 0.2) is 24.9 Å². The molecule has 0 aliphatic rings. The predicted molar refractivity (Wildman–Crippen MR) is 31.3 cm³/mol. The van der Waals surface area contributed by atoms with Gasteiger partial charge in [0.2, 0.25) is 0 Å². The van der Waals surface area contributed by atoms with E-state index < -0.39 is 0 Å². The molecular formula is C6H7N2. The lowest BCUT2D eigenvalue weighted by atomic mass is 10.6. The number of hydrogen-bond donors (Lipinski definition) is 0. The van der Waals surface area contributed by atoms with E-state index in [-0.39, 0.29) is 0 Å². The summed E-state index contributed by atoms with van der Waals surface area (Å²) in [5.41, 5.74) is 0. The van der Waals surface area contributed by atoms with E-state index in [1.54, 1.807) is 23.0 Å². The van der Waals surface area contributed by atoms with E-state index in [2.05, 4.69) is 17.9 Å². The van der Waals surface area contributed by atoms with Gasteiger partial charge in [-0.25, -0.2) is 0 Å². The highest BCUT2D eigenvalue weighted by Gasteiger charge is 1.80. The maximum Gasteiger partial charge on any atom is 0.0867 e. The van der Waals surface area contributed by atoms with Gasteiger partial charge >= 0.3 is 0 Å². The molecule has 2 nitrogen and oxygen atoms in total. The van der Waals surface area contributed by atoms with Gasteiger partial charge in [-0.1, -0.05) is 6.08 Å². The Morgan fingerprint density at radius 3 is 3.25 bits per heavy atom. The highest BCUT2D eigenvalue weighted by atomic mass is 15.3. The van der Waals surface area contributed by atoms with Gasteiger partial charge in [0, 0.05) is 6.20 Å². The molecule has 0 N–H and O–H groups in total. The molecule has 0 saturated heterocycles. The number of aromatic nitrogens is 2. The van der Waals surface area contributed by atoms with Crippen molar-refractivity contribution >= 4 is 0 Å². The Labute approximate surface area is 48.4 Å². The van der Waals surface area contributed by atoms with Gasteiger partial charge in [-0.05, 0) is 6.07 Å². The lowest BCUT2D eigenvalue weighted by molar-refractivity contribution is 0.697. The van der Waals surface area contributed by atoms with E-state index in [9.17, 15) is 0 Å². The van der Waals surface area contributed by atoms with Crippen LogP contribution in [-0.2, 0) is 6.54 Å². The minimum absolute atomic E-state index is 0.743. The molecule has 0 aromatic carbocycles. The van der Waals surface area contributed by atoms with Crippen molar-refractivity contribution < 1.29 is 0 Å². The van der Waals surface area contributed by atoms with Gasteiger partial charge in [0.05, 0.1) is 12.7 Å². The van der Waals surface area contributed by atoms with Crippen molar-refractivity contribution in [3.8, 4) is 0 Å². The molecule has 0 saturated carbocycles. The molecule has 1 heterocycles. The minimum Gasteiger partial charge on any atom is -0.260 e. The van der Waals surface area contributed by atoms with Crippen LogP contribution < -0.4 is 0 Å². The molecule has 1 radical (unpaired) electrons. The third-order valence-corrected chi connectivity index (χ3v) is 0.806. The molecule has 1 aromatic heterocycles. The van der Waals surface area contributed by atoms with Gasteiger partial charge in [-0.3, -0.25) is 4.68 Å². The van der Waals surface area contributed by atoms with Crippen LogP contribution in [0.4, 0.5) is 0 Å². The molecule has 0 fully saturated rings. The first-order valence-corrected chi connectivity index (χ1v) is 2.44. The Hall–Kier alpha value is -1.05. The van der Waals surface area contributed by atoms with Gasteiger partial charge < -0.3 is 0 Å². The predicted octanol–water partition coefficient (Wildman–Crippen LogP) is 0.869. The Morgan fingerprint density at radius 2 is 2.75 bits per heavy atom. The summed E-state index contributed by atoms with van der Waals surface area (Å²) in [5.74, 6) is 0. The first-order valence-electron chi connectivity index (χ1n) is 2.44. The topological polar surface area (TPSA) is 17.8 Å². The quantitative estimate of drug-likeness (QED) is 0.513. The van der Waals surface area contributed by atoms with Crippen LogP contribution >= 0.6 is 0 Å². The van der Waals surface area contributed by atoms with Crippen LogP contribution in [0.3, 0.4) is 0 Å². The molecule has 0 spiro atoms. The Balaban J connectivity index is 2.62. The van der Waals surface area contributed by atoms with Gasteiger partial charge in [-0.2, -0.15) is 5.10 Å². The van der Waals surface area contributed by atoms with Crippen LogP contribution in [0.5, 0.6) is 0 Å². The van der Waals surface area contributed by atoms with Gasteiger partial charge in [0.1, 0.15) is 0 Å². The van der Waals surface area contributed by atoms with Crippen LogP contribution in [-0.4, -0.2) is 9.78 Å². The Kier molecular flexibility index (Phi) is 1.47. The molecule has 8 heavy (non-hydrogen) atoms. The van der Waals surface area contributed by atoms with Gasteiger partial charge in [-0.15, -0.1) is 6.58 Å². The summed E-state index contributed by atoms with van der Waals surface area (Å²) in [5, 5.41) is 3.90. The molecule has 41 valence electrons. The summed E-state index contributed by atoms with van der Waals surface area (Å²) < 4.78 is 1.69. The number of hydrogen-bond acceptors (Lipinski definition) is 1. The third kappa shape index (κ3) is 0.964. The summed E-state index contributed by atoms with van der Waals surface area (Å²) in [4.78, 5) is 0. The molecule has 0 aliphatic carbocycles. The molecule has 0 atom stereocenters. The van der Waals surface area contributed by atoms with Crippen LogP contribution in [0.25, 0.3) is 0 Å².